The first kappa shape index (κ1) is 12.9. The highest BCUT2D eigenvalue weighted by Gasteiger charge is 2.19. The standard InChI is InChI=1S/C9H16F2OS/c1-3-8(12)13-7-5-4-6-9(2,10)11/h3-7H2,1-2H3. The van der Waals surface area contributed by atoms with Gasteiger partial charge in [0.25, 0.3) is 0 Å². The molecule has 0 aromatic carbocycles. The molecule has 0 bridgehead atoms. The van der Waals surface area contributed by atoms with Crippen molar-refractivity contribution >= 4 is 16.9 Å². The van der Waals surface area contributed by atoms with Crippen LogP contribution in [0.1, 0.15) is 39.5 Å². The lowest BCUT2D eigenvalue weighted by atomic mass is 10.2. The Morgan fingerprint density at radius 1 is 1.38 bits per heavy atom. The fourth-order valence-electron chi connectivity index (χ4n) is 0.826. The van der Waals surface area contributed by atoms with Crippen molar-refractivity contribution in [3.63, 3.8) is 0 Å². The van der Waals surface area contributed by atoms with Crippen LogP contribution in [0.5, 0.6) is 0 Å². The second-order valence-corrected chi connectivity index (χ2v) is 4.25. The fraction of sp³-hybridized carbons (Fsp3) is 0.889. The normalized spacial score (nSPS) is 11.7. The van der Waals surface area contributed by atoms with Crippen molar-refractivity contribution in [1.29, 1.82) is 0 Å². The van der Waals surface area contributed by atoms with E-state index in [0.29, 0.717) is 25.0 Å². The van der Waals surface area contributed by atoms with Crippen molar-refractivity contribution in [3.05, 3.63) is 0 Å². The van der Waals surface area contributed by atoms with Crippen molar-refractivity contribution in [2.75, 3.05) is 5.75 Å². The topological polar surface area (TPSA) is 17.1 Å². The van der Waals surface area contributed by atoms with Crippen LogP contribution >= 0.6 is 11.8 Å². The van der Waals surface area contributed by atoms with Crippen LogP contribution in [-0.4, -0.2) is 16.8 Å². The first-order valence-corrected chi connectivity index (χ1v) is 5.47. The molecule has 0 aromatic heterocycles. The van der Waals surface area contributed by atoms with Gasteiger partial charge < -0.3 is 0 Å². The third-order valence-corrected chi connectivity index (χ3v) is 2.67. The highest BCUT2D eigenvalue weighted by Crippen LogP contribution is 2.20. The summed E-state index contributed by atoms with van der Waals surface area (Å²) in [6.07, 6.45) is 1.63. The molecule has 0 saturated carbocycles. The van der Waals surface area contributed by atoms with Crippen molar-refractivity contribution in [3.8, 4) is 0 Å². The van der Waals surface area contributed by atoms with Gasteiger partial charge in [-0.2, -0.15) is 0 Å². The first-order chi connectivity index (χ1) is 5.95. The minimum atomic E-state index is -2.56. The van der Waals surface area contributed by atoms with Gasteiger partial charge in [0.1, 0.15) is 0 Å². The van der Waals surface area contributed by atoms with Crippen LogP contribution in [0.25, 0.3) is 0 Å². The van der Waals surface area contributed by atoms with E-state index in [0.717, 1.165) is 6.92 Å². The molecular formula is C9H16F2OS. The molecule has 0 rings (SSSR count). The van der Waals surface area contributed by atoms with E-state index >= 15 is 0 Å². The molecule has 0 aliphatic carbocycles. The molecule has 0 saturated heterocycles. The number of hydrogen-bond acceptors (Lipinski definition) is 2. The Labute approximate surface area is 82.3 Å². The molecule has 0 N–H and O–H groups in total. The van der Waals surface area contributed by atoms with Gasteiger partial charge in [-0.3, -0.25) is 4.79 Å². The summed E-state index contributed by atoms with van der Waals surface area (Å²) in [5.41, 5.74) is 0. The van der Waals surface area contributed by atoms with Crippen LogP contribution in [0.15, 0.2) is 0 Å². The molecule has 4 heteroatoms. The summed E-state index contributed by atoms with van der Waals surface area (Å²) in [6.45, 7) is 2.73. The van der Waals surface area contributed by atoms with Gasteiger partial charge in [0.15, 0.2) is 5.12 Å². The lowest BCUT2D eigenvalue weighted by molar-refractivity contribution is -0.110. The smallest absolute Gasteiger partial charge is 0.245 e. The summed E-state index contributed by atoms with van der Waals surface area (Å²) in [4.78, 5) is 10.8. The van der Waals surface area contributed by atoms with Crippen LogP contribution in [0.2, 0.25) is 0 Å². The second kappa shape index (κ2) is 6.35. The van der Waals surface area contributed by atoms with E-state index in [-0.39, 0.29) is 11.5 Å². The number of carbonyl (C=O) groups is 1. The van der Waals surface area contributed by atoms with Crippen LogP contribution in [-0.2, 0) is 4.79 Å². The maximum atomic E-state index is 12.3. The zero-order valence-corrected chi connectivity index (χ0v) is 8.92. The third-order valence-electron chi connectivity index (χ3n) is 1.56. The summed E-state index contributed by atoms with van der Waals surface area (Å²) in [5.74, 6) is -1.89. The van der Waals surface area contributed by atoms with E-state index in [4.69, 9.17) is 0 Å². The summed E-state index contributed by atoms with van der Waals surface area (Å²) >= 11 is 1.24. The number of halogens is 2. The Kier molecular flexibility index (Phi) is 6.29. The number of carbonyl (C=O) groups excluding carboxylic acids is 1. The molecule has 0 aliphatic rings. The molecule has 0 amide bonds. The molecule has 1 nitrogen and oxygen atoms in total. The molecule has 13 heavy (non-hydrogen) atoms. The monoisotopic (exact) mass is 210 g/mol. The first-order valence-electron chi connectivity index (χ1n) is 4.49. The molecule has 78 valence electrons. The maximum absolute atomic E-state index is 12.3. The zero-order valence-electron chi connectivity index (χ0n) is 8.11. The molecule has 0 aliphatic heterocycles. The number of rotatable bonds is 6. The second-order valence-electron chi connectivity index (χ2n) is 3.10. The molecule has 0 radical (unpaired) electrons. The third kappa shape index (κ3) is 9.80. The summed E-state index contributed by atoms with van der Waals surface area (Å²) in [7, 11) is 0. The Morgan fingerprint density at radius 2 is 2.00 bits per heavy atom. The molecule has 0 fully saturated rings. The van der Waals surface area contributed by atoms with E-state index in [1.807, 2.05) is 0 Å². The zero-order chi connectivity index (χ0) is 10.3. The van der Waals surface area contributed by atoms with Gasteiger partial charge in [-0.1, -0.05) is 18.7 Å². The van der Waals surface area contributed by atoms with Crippen molar-refractivity contribution in [2.45, 2.75) is 45.5 Å². The summed E-state index contributed by atoms with van der Waals surface area (Å²) in [5, 5.41) is 0.142. The number of unbranched alkanes of at least 4 members (excludes halogenated alkanes) is 1. The van der Waals surface area contributed by atoms with Crippen LogP contribution in [0.4, 0.5) is 8.78 Å². The molecule has 0 heterocycles. The molecule has 0 atom stereocenters. The SMILES string of the molecule is CCC(=O)SCCCCC(C)(F)F. The summed E-state index contributed by atoms with van der Waals surface area (Å²) in [6, 6.07) is 0. The quantitative estimate of drug-likeness (QED) is 0.624. The largest absolute Gasteiger partial charge is 0.287 e. The molecule has 0 spiro atoms. The minimum absolute atomic E-state index is 0.0755. The molecule has 0 unspecified atom stereocenters. The molecular weight excluding hydrogens is 194 g/mol. The van der Waals surface area contributed by atoms with E-state index < -0.39 is 5.92 Å². The lowest BCUT2D eigenvalue weighted by Gasteiger charge is -2.08. The highest BCUT2D eigenvalue weighted by atomic mass is 32.2. The van der Waals surface area contributed by atoms with E-state index in [2.05, 4.69) is 0 Å². The number of hydrogen-bond donors (Lipinski definition) is 0. The van der Waals surface area contributed by atoms with Crippen molar-refractivity contribution in [2.24, 2.45) is 0 Å². The van der Waals surface area contributed by atoms with Crippen molar-refractivity contribution < 1.29 is 13.6 Å². The lowest BCUT2D eigenvalue weighted by Crippen LogP contribution is -2.08. The maximum Gasteiger partial charge on any atom is 0.245 e. The van der Waals surface area contributed by atoms with Crippen LogP contribution < -0.4 is 0 Å². The Hall–Kier alpha value is -0.120. The minimum Gasteiger partial charge on any atom is -0.287 e. The van der Waals surface area contributed by atoms with Gasteiger partial charge in [0.05, 0.1) is 0 Å². The number of alkyl halides is 2. The van der Waals surface area contributed by atoms with Crippen LogP contribution in [0, 0.1) is 0 Å². The van der Waals surface area contributed by atoms with Gasteiger partial charge >= 0.3 is 0 Å². The van der Waals surface area contributed by atoms with Gasteiger partial charge in [-0.05, 0) is 19.8 Å². The molecule has 0 aromatic rings. The van der Waals surface area contributed by atoms with E-state index in [1.165, 1.54) is 11.8 Å². The van der Waals surface area contributed by atoms with Gasteiger partial charge in [-0.25, -0.2) is 8.78 Å². The van der Waals surface area contributed by atoms with Gasteiger partial charge in [0.2, 0.25) is 5.92 Å². The number of thioether (sulfide) groups is 1. The van der Waals surface area contributed by atoms with E-state index in [9.17, 15) is 13.6 Å². The predicted octanol–water partition coefficient (Wildman–Crippen LogP) is 3.48. The van der Waals surface area contributed by atoms with Crippen molar-refractivity contribution in [1.82, 2.24) is 0 Å². The Morgan fingerprint density at radius 3 is 2.46 bits per heavy atom. The highest BCUT2D eigenvalue weighted by molar-refractivity contribution is 8.13. The average molecular weight is 210 g/mol. The van der Waals surface area contributed by atoms with Crippen LogP contribution in [0.3, 0.4) is 0 Å². The van der Waals surface area contributed by atoms with E-state index in [1.54, 1.807) is 6.92 Å². The predicted molar refractivity (Wildman–Crippen MR) is 52.2 cm³/mol. The Bertz CT molecular complexity index is 154. The average Bonchev–Trinajstić information content (AvgIpc) is 2.01. The fourth-order valence-corrected chi connectivity index (χ4v) is 1.61. The summed E-state index contributed by atoms with van der Waals surface area (Å²) < 4.78 is 24.6. The Balaban J connectivity index is 3.22. The van der Waals surface area contributed by atoms with Gasteiger partial charge in [0, 0.05) is 18.6 Å². The van der Waals surface area contributed by atoms with Gasteiger partial charge in [-0.15, -0.1) is 0 Å².